The summed E-state index contributed by atoms with van der Waals surface area (Å²) in [6.45, 7) is 0. The highest BCUT2D eigenvalue weighted by molar-refractivity contribution is 7.87. The van der Waals surface area contributed by atoms with Gasteiger partial charge in [0.2, 0.25) is 0 Å². The van der Waals surface area contributed by atoms with E-state index in [4.69, 9.17) is 109 Å². The average molecular weight is 2280 g/mol. The molecule has 0 fully saturated rings. The molecule has 0 amide bonds. The molecule has 0 saturated heterocycles. The van der Waals surface area contributed by atoms with E-state index in [-0.39, 0.29) is 125 Å². The SMILES string of the molecule is Nc1ccc(-c2cc(N=Nc3ccc(Nc4ccc([N+](=O)[O-])cc4S(=O)(=O)O)cc3)c(N)cc2S(=O)(=O)O)cc1N=Nc1ccc(Nc2ccc([N+](=O)[O-])cc2)cc1.Nc1ccc(N=Nc2ccc(-c3ccc(N=Nc4cc(S(=O)(=O)O)c(N)c(N=Nc5ccc(-c6ccc(N=Nc7cc(S(=O)(=O)O)c(N)cc7N)cc6)c(S(=O)(=O)O)c5)c4N)cc3)c(S(=O)(=O)O)c2)c(N)c1.O=S(=O)=O.O=S(=O)=O.O=S(=O)=O.O=S(=O)=O.O=S(=O)=O. The molecule has 0 bridgehead atoms. The summed E-state index contributed by atoms with van der Waals surface area (Å²) in [7, 11) is -44.8. The maximum atomic E-state index is 12.6. The van der Waals surface area contributed by atoms with Crippen molar-refractivity contribution in [1.29, 1.82) is 0 Å². The molecule has 0 atom stereocenters. The van der Waals surface area contributed by atoms with Crippen LogP contribution >= 0.6 is 0 Å². The van der Waals surface area contributed by atoms with Gasteiger partial charge in [0, 0.05) is 63.7 Å². The molecule has 0 aliphatic heterocycles. The van der Waals surface area contributed by atoms with Crippen molar-refractivity contribution >= 4 is 262 Å². The Bertz CT molecular complexity index is 8880. The zero-order chi connectivity index (χ0) is 112. The van der Waals surface area contributed by atoms with Crippen LogP contribution in [0.5, 0.6) is 0 Å². The van der Waals surface area contributed by atoms with E-state index in [1.165, 1.54) is 146 Å². The Morgan fingerprint density at radius 2 is 0.560 bits per heavy atom. The number of anilines is 12. The van der Waals surface area contributed by atoms with Crippen LogP contribution in [0, 0.1) is 20.2 Å². The number of nitrogen functional groups attached to an aromatic ring is 8. The molecule has 150 heavy (non-hydrogen) atoms. The van der Waals surface area contributed by atoms with Gasteiger partial charge in [-0.3, -0.25) is 47.5 Å². The minimum absolute atomic E-state index is 0.0129. The van der Waals surface area contributed by atoms with Crippen molar-refractivity contribution in [2.45, 2.75) is 29.4 Å². The van der Waals surface area contributed by atoms with E-state index in [0.29, 0.717) is 34.0 Å². The number of non-ortho nitro benzene ring substituents is 2. The van der Waals surface area contributed by atoms with Gasteiger partial charge in [-0.05, 0) is 193 Å². The Hall–Kier alpha value is -18.2. The number of benzene rings is 13. The lowest BCUT2D eigenvalue weighted by atomic mass is 10.0. The summed E-state index contributed by atoms with van der Waals surface area (Å²) >= 11 is 0. The zero-order valence-electron chi connectivity index (χ0n) is 73.8. The number of hydrogen-bond donors (Lipinski definition) is 16. The molecule has 0 aliphatic carbocycles. The zero-order valence-corrected chi connectivity index (χ0v) is 82.8. The van der Waals surface area contributed by atoms with Gasteiger partial charge in [0.05, 0.1) is 89.5 Å². The Kier molecular flexibility index (Phi) is 40.8. The molecule has 72 heteroatoms. The number of nitrogens with zero attached hydrogens (tertiary/aromatic N) is 14. The summed E-state index contributed by atoms with van der Waals surface area (Å²) in [5, 5.41) is 76.5. The van der Waals surface area contributed by atoms with E-state index < -0.39 is 176 Å². The Balaban J connectivity index is 0.000000349. The molecule has 13 aromatic carbocycles. The van der Waals surface area contributed by atoms with E-state index in [1.807, 2.05) is 0 Å². The van der Waals surface area contributed by atoms with Crippen LogP contribution in [0.15, 0.2) is 333 Å². The molecule has 0 aliphatic rings. The molecule has 0 saturated carbocycles. The fourth-order valence-corrected chi connectivity index (χ4v) is 16.0. The molecule has 0 heterocycles. The van der Waals surface area contributed by atoms with Crippen LogP contribution < -0.4 is 56.5 Å². The second-order valence-electron chi connectivity index (χ2n) is 28.1. The van der Waals surface area contributed by atoms with E-state index in [9.17, 15) is 98.1 Å². The van der Waals surface area contributed by atoms with Crippen LogP contribution in [0.1, 0.15) is 0 Å². The van der Waals surface area contributed by atoms with Crippen LogP contribution in [0.25, 0.3) is 33.4 Å². The number of nitro groups is 2. The first-order valence-electron chi connectivity index (χ1n) is 38.6. The minimum atomic E-state index is -5.07. The molecular weight excluding hydrogens is 2220 g/mol. The first kappa shape index (κ1) is 119. The predicted octanol–water partition coefficient (Wildman–Crippen LogP) is 13.3. The third-order valence-corrected chi connectivity index (χ3v) is 23.5. The summed E-state index contributed by atoms with van der Waals surface area (Å²) in [5.74, 6) is 0. The summed E-state index contributed by atoms with van der Waals surface area (Å²) in [5.41, 5.74) is 49.0. The average Bonchev–Trinajstić information content (AvgIpc) is 0.783. The standard InChI is InChI=1S/C42H36N14O12S4.C36H28N10O10S2.5O3S/c43-23-5-14-33(30(44)15-23)53-51-26-10-12-28(36(16-26)69(57,58)59)22-3-8-25(9-4-22)50-55-35-20-39(72(66,67)68)41(48)42(40(35)47)56-52-27-11-13-29(37(17-27)70(60,61)62)21-1-6-24(7-2-21)49-54-34-19-38(71(63,64)65)32(46)18-31(34)45;37-30-15-1-21(17-33(30)43-41-25-6-2-22(3-7-25)39-23-10-12-27(13-11-23)45(47)48)29-19-34(31(38)20-35(29)57(51,52)53)44-42-26-8-4-24(5-9-26)40-32-16-14-28(46(49)50)18-36(32)58(54,55)56;5*1-4(2)3/h1-20H,43-48H2,(H,57,58,59)(H,60,61,62)(H,63,64,65)(H,66,67,68);1-20,39-40H,37-38H2,(H,51,52,53)(H,54,55,56);;;;;. The molecule has 13 aromatic rings. The quantitative estimate of drug-likeness (QED) is 0.00747. The topological polar surface area (TPSA) is 1050 Å². The molecule has 0 spiro atoms. The van der Waals surface area contributed by atoms with Crippen molar-refractivity contribution in [2.24, 2.45) is 61.4 Å². The van der Waals surface area contributed by atoms with Gasteiger partial charge in [-0.2, -0.15) is 81.2 Å². The third-order valence-electron chi connectivity index (χ3n) is 18.1. The summed E-state index contributed by atoms with van der Waals surface area (Å²) in [6.07, 6.45) is 0. The first-order valence-corrected chi connectivity index (χ1v) is 52.3. The molecule has 24 N–H and O–H groups in total. The Morgan fingerprint density at radius 1 is 0.240 bits per heavy atom. The lowest BCUT2D eigenvalue weighted by molar-refractivity contribution is -0.385. The van der Waals surface area contributed by atoms with E-state index >= 15 is 0 Å². The van der Waals surface area contributed by atoms with E-state index in [1.54, 1.807) is 42.5 Å². The number of nitrogens with one attached hydrogen (secondary N) is 2. The molecule has 784 valence electrons. The molecule has 13 rings (SSSR count). The maximum Gasteiger partial charge on any atom is 0.425 e. The number of hydrogen-bond acceptors (Lipinski definition) is 53. The van der Waals surface area contributed by atoms with E-state index in [0.717, 1.165) is 54.6 Å². The predicted molar refractivity (Wildman–Crippen MR) is 528 cm³/mol. The fraction of sp³-hybridized carbons (Fsp3) is 0. The van der Waals surface area contributed by atoms with Crippen molar-refractivity contribution < 1.29 is 151 Å². The van der Waals surface area contributed by atoms with Gasteiger partial charge >= 0.3 is 53.0 Å². The van der Waals surface area contributed by atoms with E-state index in [2.05, 4.69) is 72.0 Å². The van der Waals surface area contributed by atoms with Gasteiger partial charge in [0.1, 0.15) is 63.5 Å². The lowest BCUT2D eigenvalue weighted by Crippen LogP contribution is -2.05. The van der Waals surface area contributed by atoms with Crippen LogP contribution in [0.2, 0.25) is 0 Å². The molecule has 0 radical (unpaired) electrons. The van der Waals surface area contributed by atoms with Gasteiger partial charge in [-0.15, -0.1) is 93.8 Å². The number of nitro benzene ring substituents is 2. The Morgan fingerprint density at radius 3 is 0.967 bits per heavy atom. The number of azo groups is 6. The van der Waals surface area contributed by atoms with Gasteiger partial charge in [0.15, 0.2) is 0 Å². The number of rotatable bonds is 27. The fourth-order valence-electron chi connectivity index (χ4n) is 11.8. The largest absolute Gasteiger partial charge is 0.425 e. The van der Waals surface area contributed by atoms with Crippen LogP contribution in [0.3, 0.4) is 0 Å². The normalized spacial score (nSPS) is 11.5. The van der Waals surface area contributed by atoms with Gasteiger partial charge < -0.3 is 56.5 Å². The third kappa shape index (κ3) is 36.5. The van der Waals surface area contributed by atoms with Gasteiger partial charge in [0.25, 0.3) is 72.1 Å². The van der Waals surface area contributed by atoms with Gasteiger partial charge in [-0.1, -0.05) is 42.5 Å². The summed E-state index contributed by atoms with van der Waals surface area (Å²) in [4.78, 5) is 16.8. The molecular formula is C78H64N24O37S11. The highest BCUT2D eigenvalue weighted by Gasteiger charge is 2.28. The summed E-state index contributed by atoms with van der Waals surface area (Å²) < 4.78 is 333. The molecule has 0 aromatic heterocycles. The van der Waals surface area contributed by atoms with Crippen LogP contribution in [0.4, 0.5) is 148 Å². The van der Waals surface area contributed by atoms with Crippen molar-refractivity contribution in [3.05, 3.63) is 263 Å². The monoisotopic (exact) mass is 2280 g/mol. The van der Waals surface area contributed by atoms with Crippen molar-refractivity contribution in [3.8, 4) is 33.4 Å². The Labute approximate surface area is 849 Å². The maximum absolute atomic E-state index is 12.6. The highest BCUT2D eigenvalue weighted by atomic mass is 32.2. The van der Waals surface area contributed by atoms with Gasteiger partial charge in [-0.25, -0.2) is 0 Å². The second-order valence-corrected chi connectivity index (χ2v) is 38.5. The highest BCUT2D eigenvalue weighted by Crippen LogP contribution is 2.46. The lowest BCUT2D eigenvalue weighted by Gasteiger charge is -2.12. The van der Waals surface area contributed by atoms with Crippen LogP contribution in [-0.2, 0) is 114 Å². The molecule has 0 unspecified atom stereocenters. The number of nitrogens with two attached hydrogens (primary N) is 8. The first-order chi connectivity index (χ1) is 69.8. The smallest absolute Gasteiger partial charge is 0.399 e. The van der Waals surface area contributed by atoms with Crippen molar-refractivity contribution in [1.82, 2.24) is 0 Å². The summed E-state index contributed by atoms with van der Waals surface area (Å²) in [6, 6.07) is 54.2. The van der Waals surface area contributed by atoms with Crippen molar-refractivity contribution in [2.75, 3.05) is 56.5 Å². The minimum Gasteiger partial charge on any atom is -0.399 e. The second kappa shape index (κ2) is 51.5. The molecule has 61 nitrogen and oxygen atoms in total. The van der Waals surface area contributed by atoms with Crippen molar-refractivity contribution in [3.63, 3.8) is 0 Å². The van der Waals surface area contributed by atoms with Crippen LogP contribution in [-0.4, -0.2) is 151 Å².